The summed E-state index contributed by atoms with van der Waals surface area (Å²) in [4.78, 5) is 36.9. The fourth-order valence-electron chi connectivity index (χ4n) is 2.74. The van der Waals surface area contributed by atoms with Crippen LogP contribution in [0.15, 0.2) is 24.3 Å². The molecule has 1 atom stereocenters. The number of benzene rings is 1. The number of amides is 2. The number of carbonyl (C=O) groups excluding carboxylic acids is 3. The van der Waals surface area contributed by atoms with E-state index in [1.807, 2.05) is 0 Å². The Morgan fingerprint density at radius 2 is 1.93 bits per heavy atom. The van der Waals surface area contributed by atoms with Gasteiger partial charge in [-0.25, -0.2) is 5.21 Å². The summed E-state index contributed by atoms with van der Waals surface area (Å²) in [5.41, 5.74) is 0.926. The molecular weight excluding hydrogens is 368 g/mol. The van der Waals surface area contributed by atoms with Crippen molar-refractivity contribution in [3.63, 3.8) is 0 Å². The highest BCUT2D eigenvalue weighted by Gasteiger charge is 2.20. The van der Waals surface area contributed by atoms with Gasteiger partial charge in [0.05, 0.1) is 0 Å². The zero-order valence-electron chi connectivity index (χ0n) is 15.6. The van der Waals surface area contributed by atoms with Gasteiger partial charge in [-0.05, 0) is 25.0 Å². The van der Waals surface area contributed by atoms with Crippen LogP contribution >= 0.6 is 0 Å². The Hall–Kier alpha value is -2.69. The number of hydrogen-bond donors (Lipinski definition) is 4. The first-order chi connectivity index (χ1) is 13.5. The average molecular weight is 394 g/mol. The Kier molecular flexibility index (Phi) is 8.66. The predicted octanol–water partition coefficient (Wildman–Crippen LogP) is -0.436. The average Bonchev–Trinajstić information content (AvgIpc) is 2.88. The van der Waals surface area contributed by atoms with Gasteiger partial charge in [0.2, 0.25) is 5.91 Å². The molecule has 1 aromatic carbocycles. The molecule has 28 heavy (non-hydrogen) atoms. The van der Waals surface area contributed by atoms with Crippen LogP contribution in [0.3, 0.4) is 0 Å². The lowest BCUT2D eigenvalue weighted by atomic mass is 10.2. The minimum absolute atomic E-state index is 0.0543. The van der Waals surface area contributed by atoms with Gasteiger partial charge in [0.15, 0.2) is 12.3 Å². The van der Waals surface area contributed by atoms with E-state index in [1.54, 1.807) is 12.1 Å². The maximum atomic E-state index is 11.8. The molecule has 10 heteroatoms. The van der Waals surface area contributed by atoms with Crippen LogP contribution in [0.25, 0.3) is 0 Å². The molecule has 0 radical (unpaired) electrons. The minimum Gasteiger partial charge on any atom is -0.595 e. The molecule has 2 rings (SSSR count). The standard InChI is InChI=1S/C18H26N4O6/c23-16(13-28-18(25)12-21-11-3-1-2-4-17(21)24)20-10-9-19-14-5-7-15(8-6-14)22(26)27/h5-8,19,22,26H,1-4,9-13H2,(H,20,23). The normalized spacial score (nSPS) is 15.5. The van der Waals surface area contributed by atoms with Crippen LogP contribution in [-0.4, -0.2) is 60.7 Å². The number of esters is 1. The Morgan fingerprint density at radius 1 is 1.18 bits per heavy atom. The summed E-state index contributed by atoms with van der Waals surface area (Å²) in [5.74, 6) is -1.08. The summed E-state index contributed by atoms with van der Waals surface area (Å²) in [6.07, 6.45) is 3.12. The highest BCUT2D eigenvalue weighted by molar-refractivity contribution is 5.84. The van der Waals surface area contributed by atoms with Crippen molar-refractivity contribution in [2.24, 2.45) is 0 Å². The molecule has 1 saturated heterocycles. The minimum atomic E-state index is -0.992. The molecule has 0 saturated carbocycles. The summed E-state index contributed by atoms with van der Waals surface area (Å²) in [6, 6.07) is 6.24. The van der Waals surface area contributed by atoms with E-state index in [1.165, 1.54) is 17.0 Å². The molecule has 2 amide bonds. The summed E-state index contributed by atoms with van der Waals surface area (Å²) < 4.78 is 4.93. The third-order valence-electron chi connectivity index (χ3n) is 4.26. The van der Waals surface area contributed by atoms with Crippen LogP contribution < -0.4 is 15.9 Å². The fourth-order valence-corrected chi connectivity index (χ4v) is 2.74. The topological polar surface area (TPSA) is 135 Å². The summed E-state index contributed by atoms with van der Waals surface area (Å²) in [7, 11) is 0. The third kappa shape index (κ3) is 7.51. The van der Waals surface area contributed by atoms with E-state index >= 15 is 0 Å². The Labute approximate surface area is 163 Å². The number of quaternary nitrogens is 1. The van der Waals surface area contributed by atoms with Gasteiger partial charge in [-0.1, -0.05) is 6.42 Å². The van der Waals surface area contributed by atoms with Gasteiger partial charge >= 0.3 is 5.97 Å². The zero-order valence-corrected chi connectivity index (χ0v) is 15.6. The van der Waals surface area contributed by atoms with Crippen molar-refractivity contribution < 1.29 is 29.6 Å². The van der Waals surface area contributed by atoms with E-state index in [4.69, 9.17) is 9.94 Å². The van der Waals surface area contributed by atoms with Gasteiger partial charge in [0.1, 0.15) is 6.54 Å². The van der Waals surface area contributed by atoms with E-state index in [-0.39, 0.29) is 18.1 Å². The second kappa shape index (κ2) is 11.2. The summed E-state index contributed by atoms with van der Waals surface area (Å²) in [6.45, 7) is 0.753. The van der Waals surface area contributed by atoms with Gasteiger partial charge in [0, 0.05) is 43.9 Å². The van der Waals surface area contributed by atoms with E-state index in [0.29, 0.717) is 26.1 Å². The van der Waals surface area contributed by atoms with Crippen molar-refractivity contribution in [3.8, 4) is 0 Å². The second-order valence-electron chi connectivity index (χ2n) is 6.45. The molecular formula is C18H26N4O6. The molecule has 10 nitrogen and oxygen atoms in total. The molecule has 1 fully saturated rings. The second-order valence-corrected chi connectivity index (χ2v) is 6.45. The number of hydrogen-bond acceptors (Lipinski definition) is 7. The quantitative estimate of drug-likeness (QED) is 0.253. The number of likely N-dealkylation sites (tertiary alicyclic amines) is 1. The van der Waals surface area contributed by atoms with Crippen LogP contribution in [0.4, 0.5) is 11.4 Å². The Morgan fingerprint density at radius 3 is 2.64 bits per heavy atom. The van der Waals surface area contributed by atoms with Crippen molar-refractivity contribution in [1.29, 1.82) is 0 Å². The zero-order chi connectivity index (χ0) is 20.4. The van der Waals surface area contributed by atoms with Gasteiger partial charge in [0.25, 0.3) is 5.91 Å². The molecule has 0 spiro atoms. The lowest BCUT2D eigenvalue weighted by Crippen LogP contribution is -2.99. The monoisotopic (exact) mass is 394 g/mol. The van der Waals surface area contributed by atoms with Crippen LogP contribution in [-0.2, 0) is 19.1 Å². The smallest absolute Gasteiger partial charge is 0.326 e. The lowest BCUT2D eigenvalue weighted by Gasteiger charge is -2.19. The number of anilines is 1. The summed E-state index contributed by atoms with van der Waals surface area (Å²) in [5, 5.41) is 24.3. The van der Waals surface area contributed by atoms with Crippen molar-refractivity contribution in [3.05, 3.63) is 29.5 Å². The Bertz CT molecular complexity index is 665. The fraction of sp³-hybridized carbons (Fsp3) is 0.500. The molecule has 1 aliphatic heterocycles. The first kappa shape index (κ1) is 21.6. The van der Waals surface area contributed by atoms with E-state index in [9.17, 15) is 19.6 Å². The molecule has 0 bridgehead atoms. The molecule has 1 aliphatic rings. The molecule has 0 aliphatic carbocycles. The van der Waals surface area contributed by atoms with Gasteiger partial charge in [-0.3, -0.25) is 14.4 Å². The predicted molar refractivity (Wildman–Crippen MR) is 99.7 cm³/mol. The van der Waals surface area contributed by atoms with Crippen molar-refractivity contribution >= 4 is 29.2 Å². The SMILES string of the molecule is O=C(COC(=O)CN1CCCCCC1=O)NCCNc1ccc([NH+]([O-])O)cc1. The molecule has 1 heterocycles. The van der Waals surface area contributed by atoms with Crippen molar-refractivity contribution in [2.75, 3.05) is 38.1 Å². The highest BCUT2D eigenvalue weighted by Crippen LogP contribution is 2.11. The number of ether oxygens (including phenoxy) is 1. The van der Waals surface area contributed by atoms with Crippen LogP contribution in [0.5, 0.6) is 0 Å². The molecule has 4 N–H and O–H groups in total. The number of carbonyl (C=O) groups is 3. The van der Waals surface area contributed by atoms with E-state index in [0.717, 1.165) is 24.9 Å². The van der Waals surface area contributed by atoms with E-state index in [2.05, 4.69) is 10.6 Å². The highest BCUT2D eigenvalue weighted by atomic mass is 16.8. The number of nitrogens with one attached hydrogen (secondary N) is 3. The van der Waals surface area contributed by atoms with Crippen molar-refractivity contribution in [1.82, 2.24) is 10.2 Å². The largest absolute Gasteiger partial charge is 0.595 e. The van der Waals surface area contributed by atoms with Crippen LogP contribution in [0.2, 0.25) is 0 Å². The maximum Gasteiger partial charge on any atom is 0.326 e. The van der Waals surface area contributed by atoms with Gasteiger partial charge in [-0.15, -0.1) is 0 Å². The van der Waals surface area contributed by atoms with E-state index < -0.39 is 23.7 Å². The maximum absolute atomic E-state index is 11.8. The van der Waals surface area contributed by atoms with Gasteiger partial charge < -0.3 is 25.5 Å². The van der Waals surface area contributed by atoms with Crippen LogP contribution in [0.1, 0.15) is 25.7 Å². The molecule has 1 aromatic rings. The first-order valence-corrected chi connectivity index (χ1v) is 9.23. The van der Waals surface area contributed by atoms with Gasteiger partial charge in [-0.2, -0.15) is 5.23 Å². The Balaban J connectivity index is 1.59. The number of rotatable bonds is 9. The number of nitrogens with zero attached hydrogens (tertiary/aromatic N) is 1. The van der Waals surface area contributed by atoms with Crippen molar-refractivity contribution in [2.45, 2.75) is 25.7 Å². The molecule has 1 unspecified atom stereocenters. The third-order valence-corrected chi connectivity index (χ3v) is 4.26. The first-order valence-electron chi connectivity index (χ1n) is 9.23. The molecule has 0 aromatic heterocycles. The van der Waals surface area contributed by atoms with Crippen LogP contribution in [0, 0.1) is 5.21 Å². The lowest BCUT2D eigenvalue weighted by molar-refractivity contribution is -0.991. The summed E-state index contributed by atoms with van der Waals surface area (Å²) >= 11 is 0. The molecule has 154 valence electrons.